The number of hydrogen-bond acceptors (Lipinski definition) is 4. The summed E-state index contributed by atoms with van der Waals surface area (Å²) in [6.07, 6.45) is 11.0. The van der Waals surface area contributed by atoms with Gasteiger partial charge < -0.3 is 9.47 Å². The third-order valence-corrected chi connectivity index (χ3v) is 4.51. The highest BCUT2D eigenvalue weighted by Crippen LogP contribution is 2.33. The number of aryl methyl sites for hydroxylation is 1. The van der Waals surface area contributed by atoms with Crippen LogP contribution in [0.5, 0.6) is 0 Å². The van der Waals surface area contributed by atoms with E-state index in [2.05, 4.69) is 31.0 Å². The molecule has 0 amide bonds. The lowest BCUT2D eigenvalue weighted by molar-refractivity contribution is -0.115. The van der Waals surface area contributed by atoms with Crippen molar-refractivity contribution < 1.29 is 14.3 Å². The molecule has 2 rings (SSSR count). The van der Waals surface area contributed by atoms with E-state index in [1.165, 1.54) is 31.2 Å². The van der Waals surface area contributed by atoms with Crippen LogP contribution in [0.15, 0.2) is 23.2 Å². The molecule has 138 valence electrons. The van der Waals surface area contributed by atoms with Crippen LogP contribution in [-0.2, 0) is 20.7 Å². The van der Waals surface area contributed by atoms with Crippen molar-refractivity contribution in [1.29, 1.82) is 0 Å². The van der Waals surface area contributed by atoms with Gasteiger partial charge in [-0.15, -0.1) is 0 Å². The van der Waals surface area contributed by atoms with Crippen LogP contribution < -0.4 is 0 Å². The third kappa shape index (κ3) is 6.18. The van der Waals surface area contributed by atoms with E-state index < -0.39 is 6.10 Å². The Bertz CT molecular complexity index is 568. The van der Waals surface area contributed by atoms with Crippen LogP contribution in [-0.4, -0.2) is 19.0 Å². The second-order valence-corrected chi connectivity index (χ2v) is 6.67. The van der Waals surface area contributed by atoms with Gasteiger partial charge >= 0.3 is 6.08 Å². The number of rotatable bonds is 11. The minimum Gasteiger partial charge on any atom is -0.450 e. The van der Waals surface area contributed by atoms with Crippen molar-refractivity contribution in [2.75, 3.05) is 6.61 Å². The number of hydrogen-bond donors (Lipinski definition) is 0. The number of carbonyl (C=O) groups excluding carboxylic acids is 1. The minimum atomic E-state index is -0.618. The lowest BCUT2D eigenvalue weighted by Gasteiger charge is -2.22. The molecule has 1 unspecified atom stereocenters. The second kappa shape index (κ2) is 10.9. The molecule has 0 radical (unpaired) electrons. The Morgan fingerprint density at radius 2 is 1.84 bits per heavy atom. The van der Waals surface area contributed by atoms with Gasteiger partial charge in [-0.3, -0.25) is 4.79 Å². The number of aliphatic imine (C=N–C) groups is 1. The van der Waals surface area contributed by atoms with Crippen LogP contribution in [0.25, 0.3) is 0 Å². The summed E-state index contributed by atoms with van der Waals surface area (Å²) in [5, 5.41) is 0. The molecule has 0 saturated heterocycles. The van der Waals surface area contributed by atoms with Gasteiger partial charge in [0.15, 0.2) is 12.4 Å². The van der Waals surface area contributed by atoms with Gasteiger partial charge in [-0.05, 0) is 30.9 Å². The molecule has 1 atom stereocenters. The van der Waals surface area contributed by atoms with Gasteiger partial charge in [-0.2, -0.15) is 4.99 Å². The minimum absolute atomic E-state index is 0.228. The standard InChI is InChI=1S/C21H31NO3/c1-3-5-7-8-9-10-14-24-21-22-19-15-17(11-6-4-2)12-13-18(19)20(16-23)25-21/h12-13,15-16,20H,3-11,14H2,1-2H3. The first-order valence-corrected chi connectivity index (χ1v) is 9.74. The summed E-state index contributed by atoms with van der Waals surface area (Å²) in [7, 11) is 0. The molecule has 4 nitrogen and oxygen atoms in total. The van der Waals surface area contributed by atoms with Crippen molar-refractivity contribution in [2.45, 2.75) is 77.7 Å². The SMILES string of the molecule is CCCCCCCCOC1=Nc2cc(CCCC)ccc2C(C=O)O1. The highest BCUT2D eigenvalue weighted by molar-refractivity contribution is 5.80. The summed E-state index contributed by atoms with van der Waals surface area (Å²) in [5.74, 6) is 0. The first kappa shape index (κ1) is 19.5. The molecule has 1 heterocycles. The molecule has 0 N–H and O–H groups in total. The van der Waals surface area contributed by atoms with Crippen LogP contribution in [0.1, 0.15) is 82.4 Å². The number of nitrogens with zero attached hydrogens (tertiary/aromatic N) is 1. The van der Waals surface area contributed by atoms with Gasteiger partial charge in [0.05, 0.1) is 12.3 Å². The molecule has 1 aliphatic rings. The van der Waals surface area contributed by atoms with Gasteiger partial charge in [-0.25, -0.2) is 0 Å². The molecule has 25 heavy (non-hydrogen) atoms. The fourth-order valence-corrected chi connectivity index (χ4v) is 2.97. The highest BCUT2D eigenvalue weighted by Gasteiger charge is 2.24. The zero-order chi connectivity index (χ0) is 17.9. The molecule has 1 aliphatic heterocycles. The Labute approximate surface area is 151 Å². The zero-order valence-corrected chi connectivity index (χ0v) is 15.6. The molecule has 0 bridgehead atoms. The quantitative estimate of drug-likeness (QED) is 0.384. The predicted octanol–water partition coefficient (Wildman–Crippen LogP) is 5.66. The monoisotopic (exact) mass is 345 g/mol. The van der Waals surface area contributed by atoms with Gasteiger partial charge in [0, 0.05) is 5.56 Å². The van der Waals surface area contributed by atoms with Crippen molar-refractivity contribution in [2.24, 2.45) is 4.99 Å². The Morgan fingerprint density at radius 1 is 1.08 bits per heavy atom. The fraction of sp³-hybridized carbons (Fsp3) is 0.619. The number of carbonyl (C=O) groups is 1. The van der Waals surface area contributed by atoms with Crippen LogP contribution in [0.2, 0.25) is 0 Å². The predicted molar refractivity (Wildman–Crippen MR) is 101 cm³/mol. The van der Waals surface area contributed by atoms with Gasteiger partial charge in [0.25, 0.3) is 0 Å². The van der Waals surface area contributed by atoms with Crippen LogP contribution in [0, 0.1) is 0 Å². The van der Waals surface area contributed by atoms with Crippen molar-refractivity contribution in [3.8, 4) is 0 Å². The van der Waals surface area contributed by atoms with Gasteiger partial charge in [0.2, 0.25) is 0 Å². The lowest BCUT2D eigenvalue weighted by Crippen LogP contribution is -2.20. The summed E-state index contributed by atoms with van der Waals surface area (Å²) >= 11 is 0. The largest absolute Gasteiger partial charge is 0.450 e. The Morgan fingerprint density at radius 3 is 2.60 bits per heavy atom. The topological polar surface area (TPSA) is 47.9 Å². The van der Waals surface area contributed by atoms with Gasteiger partial charge in [-0.1, -0.05) is 64.5 Å². The molecule has 0 spiro atoms. The molecule has 0 aliphatic carbocycles. The Kier molecular flexibility index (Phi) is 8.50. The smallest absolute Gasteiger partial charge is 0.389 e. The van der Waals surface area contributed by atoms with E-state index in [1.54, 1.807) is 0 Å². The molecule has 0 aromatic heterocycles. The van der Waals surface area contributed by atoms with Crippen molar-refractivity contribution in [3.05, 3.63) is 29.3 Å². The normalized spacial score (nSPS) is 15.9. The van der Waals surface area contributed by atoms with Crippen molar-refractivity contribution in [1.82, 2.24) is 0 Å². The van der Waals surface area contributed by atoms with Crippen LogP contribution in [0.4, 0.5) is 5.69 Å². The number of benzene rings is 1. The number of ether oxygens (including phenoxy) is 2. The zero-order valence-electron chi connectivity index (χ0n) is 15.6. The third-order valence-electron chi connectivity index (χ3n) is 4.51. The molecular formula is C21H31NO3. The Balaban J connectivity index is 1.91. The summed E-state index contributed by atoms with van der Waals surface area (Å²) < 4.78 is 11.3. The van der Waals surface area contributed by atoms with Crippen molar-refractivity contribution in [3.63, 3.8) is 0 Å². The number of unbranched alkanes of at least 4 members (excludes halogenated alkanes) is 6. The molecule has 0 saturated carbocycles. The average Bonchev–Trinajstić information content (AvgIpc) is 2.64. The van der Waals surface area contributed by atoms with E-state index in [1.807, 2.05) is 6.07 Å². The van der Waals surface area contributed by atoms with Crippen LogP contribution in [0.3, 0.4) is 0 Å². The van der Waals surface area contributed by atoms with Gasteiger partial charge in [0.1, 0.15) is 0 Å². The van der Waals surface area contributed by atoms with E-state index in [9.17, 15) is 4.79 Å². The molecule has 4 heteroatoms. The fourth-order valence-electron chi connectivity index (χ4n) is 2.97. The van der Waals surface area contributed by atoms with E-state index in [-0.39, 0.29) is 6.08 Å². The average molecular weight is 345 g/mol. The number of fused-ring (bicyclic) bond motifs is 1. The summed E-state index contributed by atoms with van der Waals surface area (Å²) in [4.78, 5) is 15.8. The number of aldehydes is 1. The lowest BCUT2D eigenvalue weighted by atomic mass is 10.0. The van der Waals surface area contributed by atoms with E-state index in [0.29, 0.717) is 6.61 Å². The highest BCUT2D eigenvalue weighted by atomic mass is 16.7. The first-order chi connectivity index (χ1) is 12.3. The maximum atomic E-state index is 11.4. The van der Waals surface area contributed by atoms with E-state index in [4.69, 9.17) is 9.47 Å². The molecular weight excluding hydrogens is 314 g/mol. The molecule has 0 fully saturated rings. The molecule has 1 aromatic carbocycles. The van der Waals surface area contributed by atoms with E-state index in [0.717, 1.165) is 49.6 Å². The van der Waals surface area contributed by atoms with E-state index >= 15 is 0 Å². The second-order valence-electron chi connectivity index (χ2n) is 6.67. The maximum Gasteiger partial charge on any atom is 0.389 e. The van der Waals surface area contributed by atoms with Crippen molar-refractivity contribution >= 4 is 18.1 Å². The van der Waals surface area contributed by atoms with Crippen LogP contribution >= 0.6 is 0 Å². The summed E-state index contributed by atoms with van der Waals surface area (Å²) in [6.45, 7) is 4.99. The maximum absolute atomic E-state index is 11.4. The summed E-state index contributed by atoms with van der Waals surface area (Å²) in [6, 6.07) is 6.07. The summed E-state index contributed by atoms with van der Waals surface area (Å²) in [5.41, 5.74) is 2.86. The first-order valence-electron chi connectivity index (χ1n) is 9.74. The molecule has 1 aromatic rings. The Hall–Kier alpha value is -1.84.